The summed E-state index contributed by atoms with van der Waals surface area (Å²) in [5.41, 5.74) is 0.480. The van der Waals surface area contributed by atoms with Crippen LogP contribution in [0, 0.1) is 52.3 Å². The van der Waals surface area contributed by atoms with Gasteiger partial charge < -0.3 is 15.3 Å². The lowest BCUT2D eigenvalue weighted by atomic mass is 9.41. The van der Waals surface area contributed by atoms with Crippen LogP contribution in [0.25, 0.3) is 0 Å². The van der Waals surface area contributed by atoms with E-state index in [4.69, 9.17) is 5.11 Å². The van der Waals surface area contributed by atoms with Gasteiger partial charge in [-0.25, -0.2) is 0 Å². The zero-order valence-corrected chi connectivity index (χ0v) is 19.5. The number of rotatable bonds is 5. The maximum atomic E-state index is 11.7. The van der Waals surface area contributed by atoms with Crippen LogP contribution in [-0.2, 0) is 4.79 Å². The van der Waals surface area contributed by atoms with Crippen molar-refractivity contribution in [1.82, 2.24) is 0 Å². The Morgan fingerprint density at radius 2 is 1.65 bits per heavy atom. The second-order valence-corrected chi connectivity index (χ2v) is 12.0. The van der Waals surface area contributed by atoms with Crippen LogP contribution < -0.4 is 0 Å². The molecule has 4 aliphatic rings. The maximum Gasteiger partial charge on any atom is 0.303 e. The smallest absolute Gasteiger partial charge is 0.303 e. The number of aliphatic hydroxyl groups excluding tert-OH is 2. The molecule has 0 aromatic heterocycles. The molecule has 6 unspecified atom stereocenters. The number of hydrogen-bond acceptors (Lipinski definition) is 3. The van der Waals surface area contributed by atoms with Gasteiger partial charge in [0.15, 0.2) is 0 Å². The molecule has 0 amide bonds. The Labute approximate surface area is 190 Å². The minimum absolute atomic E-state index is 0. The molecule has 0 aromatic rings. The van der Waals surface area contributed by atoms with E-state index in [9.17, 15) is 15.0 Å². The minimum atomic E-state index is -0.683. The van der Waals surface area contributed by atoms with Crippen molar-refractivity contribution in [2.24, 2.45) is 52.3 Å². The Morgan fingerprint density at radius 3 is 2.29 bits per heavy atom. The first-order chi connectivity index (χ1) is 14.1. The van der Waals surface area contributed by atoms with Crippen LogP contribution in [0.1, 0.15) is 99.3 Å². The lowest BCUT2D eigenvalue weighted by Crippen LogP contribution is -2.62. The molecule has 31 heavy (non-hydrogen) atoms. The molecule has 3 N–H and O–H groups in total. The number of carboxylic acids is 1. The highest BCUT2D eigenvalue weighted by Gasteiger charge is 2.64. The first-order valence-corrected chi connectivity index (χ1v) is 12.7. The van der Waals surface area contributed by atoms with Crippen LogP contribution in [0.15, 0.2) is 0 Å². The second-order valence-electron chi connectivity index (χ2n) is 12.0. The summed E-state index contributed by atoms with van der Waals surface area (Å²) in [7, 11) is 0. The minimum Gasteiger partial charge on any atom is -0.481 e. The second kappa shape index (κ2) is 8.97. The van der Waals surface area contributed by atoms with Gasteiger partial charge in [0, 0.05) is 6.42 Å². The zero-order chi connectivity index (χ0) is 21.8. The lowest BCUT2D eigenvalue weighted by molar-refractivity contribution is -0.203. The van der Waals surface area contributed by atoms with Crippen molar-refractivity contribution >= 4 is 5.97 Å². The van der Waals surface area contributed by atoms with E-state index in [1.807, 2.05) is 0 Å². The molecule has 0 spiro atoms. The lowest BCUT2D eigenvalue weighted by Gasteiger charge is -2.64. The van der Waals surface area contributed by atoms with E-state index in [0.29, 0.717) is 41.4 Å². The van der Waals surface area contributed by atoms with Crippen molar-refractivity contribution in [2.45, 2.75) is 112 Å². The molecule has 4 aliphatic carbocycles. The number of hydrogen-bond donors (Lipinski definition) is 3. The molecule has 4 rings (SSSR count). The Bertz CT molecular complexity index is 649. The standard InChI is InChI=1S/C26H44O4.CH4/c1-5-17-21-14-16(27)10-12-26(21,4)20-11-13-25(3)18(15(2)6-9-22(28)29)7-8-19(25)23(20)24(17)30;/h15-21,23-24,27,30H,5-14H2,1-4H3,(H,28,29);1H4/t15-,16-,17-,18?,19?,20+,21?,23?,24-,25?,26?;/m1./s1. The molecule has 4 saturated carbocycles. The molecule has 0 saturated heterocycles. The third-order valence-corrected chi connectivity index (χ3v) is 11.0. The van der Waals surface area contributed by atoms with Gasteiger partial charge in [0.25, 0.3) is 0 Å². The average Bonchev–Trinajstić information content (AvgIpc) is 3.05. The highest BCUT2D eigenvalue weighted by Crippen LogP contribution is 2.69. The Morgan fingerprint density at radius 1 is 1.00 bits per heavy atom. The summed E-state index contributed by atoms with van der Waals surface area (Å²) in [6, 6.07) is 0. The van der Waals surface area contributed by atoms with Crippen LogP contribution in [0.5, 0.6) is 0 Å². The monoisotopic (exact) mass is 436 g/mol. The van der Waals surface area contributed by atoms with E-state index < -0.39 is 5.97 Å². The largest absolute Gasteiger partial charge is 0.481 e. The normalized spacial score (nSPS) is 49.9. The highest BCUT2D eigenvalue weighted by atomic mass is 16.4. The topological polar surface area (TPSA) is 77.8 Å². The number of carboxylic acid groups (broad SMARTS) is 1. The van der Waals surface area contributed by atoms with Crippen molar-refractivity contribution in [1.29, 1.82) is 0 Å². The van der Waals surface area contributed by atoms with E-state index in [1.165, 1.54) is 25.7 Å². The fraction of sp³-hybridized carbons (Fsp3) is 0.963. The summed E-state index contributed by atoms with van der Waals surface area (Å²) in [6.45, 7) is 9.44. The molecule has 0 aliphatic heterocycles. The predicted octanol–water partition coefficient (Wildman–Crippen LogP) is 5.75. The van der Waals surface area contributed by atoms with Crippen LogP contribution in [0.3, 0.4) is 0 Å². The summed E-state index contributed by atoms with van der Waals surface area (Å²) in [5.74, 6) is 2.58. The fourth-order valence-electron chi connectivity index (χ4n) is 9.48. The molecule has 0 heterocycles. The van der Waals surface area contributed by atoms with Crippen molar-refractivity contribution in [2.75, 3.05) is 0 Å². The third-order valence-electron chi connectivity index (χ3n) is 11.0. The van der Waals surface area contributed by atoms with Gasteiger partial charge in [0.1, 0.15) is 0 Å². The van der Waals surface area contributed by atoms with Crippen molar-refractivity contribution < 1.29 is 20.1 Å². The van der Waals surface area contributed by atoms with Crippen LogP contribution in [0.4, 0.5) is 0 Å². The van der Waals surface area contributed by atoms with Gasteiger partial charge in [-0.1, -0.05) is 41.5 Å². The molecule has 180 valence electrons. The molecule has 4 nitrogen and oxygen atoms in total. The first-order valence-electron chi connectivity index (χ1n) is 12.7. The molecule has 4 heteroatoms. The van der Waals surface area contributed by atoms with Crippen molar-refractivity contribution in [3.8, 4) is 0 Å². The Hall–Kier alpha value is -0.610. The molecular formula is C27H48O4. The van der Waals surface area contributed by atoms with Gasteiger partial charge in [-0.05, 0) is 104 Å². The highest BCUT2D eigenvalue weighted by molar-refractivity contribution is 5.66. The summed E-state index contributed by atoms with van der Waals surface area (Å²) in [4.78, 5) is 11.1. The predicted molar refractivity (Wildman–Crippen MR) is 125 cm³/mol. The Kier molecular flexibility index (Phi) is 7.24. The molecular weight excluding hydrogens is 388 g/mol. The van der Waals surface area contributed by atoms with Gasteiger partial charge in [-0.15, -0.1) is 0 Å². The van der Waals surface area contributed by atoms with Crippen LogP contribution >= 0.6 is 0 Å². The SMILES string of the molecule is C.CC[C@@H]1C2C[C@H](O)CCC2(C)[C@H]2CCC3(C)C(CCC3[C@H](C)CCC(=O)O)C2[C@@H]1O. The molecule has 4 fully saturated rings. The van der Waals surface area contributed by atoms with Gasteiger partial charge in [-0.2, -0.15) is 0 Å². The number of fused-ring (bicyclic) bond motifs is 5. The van der Waals surface area contributed by atoms with Gasteiger partial charge in [-0.3, -0.25) is 4.79 Å². The van der Waals surface area contributed by atoms with Crippen LogP contribution in [0.2, 0.25) is 0 Å². The summed E-state index contributed by atoms with van der Waals surface area (Å²) < 4.78 is 0. The van der Waals surface area contributed by atoms with Gasteiger partial charge >= 0.3 is 5.97 Å². The van der Waals surface area contributed by atoms with Gasteiger partial charge in [0.05, 0.1) is 12.2 Å². The van der Waals surface area contributed by atoms with Gasteiger partial charge in [0.2, 0.25) is 0 Å². The van der Waals surface area contributed by atoms with E-state index in [-0.39, 0.29) is 36.9 Å². The van der Waals surface area contributed by atoms with E-state index >= 15 is 0 Å². The first kappa shape index (κ1) is 25.0. The Balaban J connectivity index is 0.00000272. The fourth-order valence-corrected chi connectivity index (χ4v) is 9.48. The van der Waals surface area contributed by atoms with Crippen molar-refractivity contribution in [3.63, 3.8) is 0 Å². The zero-order valence-electron chi connectivity index (χ0n) is 19.5. The number of aliphatic carboxylic acids is 1. The summed E-state index contributed by atoms with van der Waals surface area (Å²) in [5, 5.41) is 31.3. The molecule has 0 bridgehead atoms. The average molecular weight is 437 g/mol. The van der Waals surface area contributed by atoms with E-state index in [1.54, 1.807) is 0 Å². The van der Waals surface area contributed by atoms with Crippen molar-refractivity contribution in [3.05, 3.63) is 0 Å². The molecule has 0 radical (unpaired) electrons. The molecule has 11 atom stereocenters. The quantitative estimate of drug-likeness (QED) is 0.513. The third kappa shape index (κ3) is 3.88. The van der Waals surface area contributed by atoms with E-state index in [2.05, 4.69) is 27.7 Å². The summed E-state index contributed by atoms with van der Waals surface area (Å²) >= 11 is 0. The number of carbonyl (C=O) groups is 1. The number of aliphatic hydroxyl groups is 2. The molecule has 0 aromatic carbocycles. The maximum absolute atomic E-state index is 11.7. The van der Waals surface area contributed by atoms with E-state index in [0.717, 1.165) is 32.1 Å². The summed E-state index contributed by atoms with van der Waals surface area (Å²) in [6.07, 6.45) is 9.27. The van der Waals surface area contributed by atoms with Crippen LogP contribution in [-0.4, -0.2) is 33.5 Å².